The van der Waals surface area contributed by atoms with Crippen molar-refractivity contribution in [3.05, 3.63) is 69.2 Å². The third kappa shape index (κ3) is 3.46. The molecule has 0 fully saturated rings. The zero-order valence-corrected chi connectivity index (χ0v) is 13.1. The van der Waals surface area contributed by atoms with Crippen molar-refractivity contribution < 1.29 is 5.11 Å². The molecule has 0 aliphatic rings. The van der Waals surface area contributed by atoms with Crippen molar-refractivity contribution in [2.45, 2.75) is 32.8 Å². The Morgan fingerprint density at radius 3 is 2.00 bits per heavy atom. The fraction of sp³-hybridized carbons (Fsp3) is 0.294. The molecular formula is C17H19BrO. The number of benzene rings is 2. The van der Waals surface area contributed by atoms with E-state index in [0.29, 0.717) is 5.92 Å². The molecule has 19 heavy (non-hydrogen) atoms. The summed E-state index contributed by atoms with van der Waals surface area (Å²) >= 11 is 3.47. The number of hydrogen-bond acceptors (Lipinski definition) is 1. The second-order valence-electron chi connectivity index (χ2n) is 5.29. The van der Waals surface area contributed by atoms with Gasteiger partial charge in [-0.1, -0.05) is 60.1 Å². The highest BCUT2D eigenvalue weighted by molar-refractivity contribution is 9.10. The Morgan fingerprint density at radius 1 is 0.895 bits per heavy atom. The first-order chi connectivity index (χ1) is 8.97. The van der Waals surface area contributed by atoms with Crippen molar-refractivity contribution in [2.75, 3.05) is 0 Å². The Bertz CT molecular complexity index is 538. The van der Waals surface area contributed by atoms with E-state index in [2.05, 4.69) is 41.9 Å². The molecule has 1 unspecified atom stereocenters. The number of rotatable bonds is 3. The molecule has 0 aliphatic heterocycles. The molecule has 0 saturated heterocycles. The lowest BCUT2D eigenvalue weighted by atomic mass is 9.96. The standard InChI is InChI=1S/C17H19BrO/c1-11(2)13-4-6-14(7-5-13)17(19)15-8-12(3)9-16(18)10-15/h4-11,17,19H,1-3H3. The van der Waals surface area contributed by atoms with E-state index in [1.165, 1.54) is 5.56 Å². The van der Waals surface area contributed by atoms with Crippen molar-refractivity contribution in [3.8, 4) is 0 Å². The highest BCUT2D eigenvalue weighted by Crippen LogP contribution is 2.27. The third-order valence-corrected chi connectivity index (χ3v) is 3.76. The molecule has 1 N–H and O–H groups in total. The molecule has 2 aromatic rings. The number of aliphatic hydroxyl groups is 1. The van der Waals surface area contributed by atoms with E-state index in [4.69, 9.17) is 0 Å². The Morgan fingerprint density at radius 2 is 1.47 bits per heavy atom. The summed E-state index contributed by atoms with van der Waals surface area (Å²) in [6.45, 7) is 6.37. The summed E-state index contributed by atoms with van der Waals surface area (Å²) in [7, 11) is 0. The van der Waals surface area contributed by atoms with Gasteiger partial charge in [-0.25, -0.2) is 0 Å². The smallest absolute Gasteiger partial charge is 0.104 e. The Labute approximate surface area is 123 Å². The molecule has 0 heterocycles. The minimum absolute atomic E-state index is 0.513. The van der Waals surface area contributed by atoms with Crippen molar-refractivity contribution in [3.63, 3.8) is 0 Å². The maximum absolute atomic E-state index is 10.4. The first kappa shape index (κ1) is 14.3. The van der Waals surface area contributed by atoms with Crippen LogP contribution in [0.3, 0.4) is 0 Å². The number of aryl methyl sites for hydroxylation is 1. The summed E-state index contributed by atoms with van der Waals surface area (Å²) in [5.74, 6) is 0.513. The zero-order chi connectivity index (χ0) is 14.0. The lowest BCUT2D eigenvalue weighted by molar-refractivity contribution is 0.220. The first-order valence-corrected chi connectivity index (χ1v) is 7.31. The summed E-state index contributed by atoms with van der Waals surface area (Å²) < 4.78 is 1.00. The predicted molar refractivity (Wildman–Crippen MR) is 83.5 cm³/mol. The Hall–Kier alpha value is -1.12. The van der Waals surface area contributed by atoms with Gasteiger partial charge in [0.05, 0.1) is 0 Å². The van der Waals surface area contributed by atoms with E-state index < -0.39 is 6.10 Å². The van der Waals surface area contributed by atoms with Crippen LogP contribution in [0.4, 0.5) is 0 Å². The van der Waals surface area contributed by atoms with Crippen LogP contribution >= 0.6 is 15.9 Å². The van der Waals surface area contributed by atoms with Crippen LogP contribution in [0.15, 0.2) is 46.9 Å². The van der Waals surface area contributed by atoms with Gasteiger partial charge in [-0.2, -0.15) is 0 Å². The summed E-state index contributed by atoms with van der Waals surface area (Å²) in [6, 6.07) is 14.2. The predicted octanol–water partition coefficient (Wildman–Crippen LogP) is 4.96. The molecular weight excluding hydrogens is 300 g/mol. The van der Waals surface area contributed by atoms with Gasteiger partial charge in [-0.15, -0.1) is 0 Å². The normalized spacial score (nSPS) is 12.7. The minimum Gasteiger partial charge on any atom is -0.384 e. The Kier molecular flexibility index (Phi) is 4.43. The van der Waals surface area contributed by atoms with Crippen molar-refractivity contribution in [1.82, 2.24) is 0 Å². The van der Waals surface area contributed by atoms with Gasteiger partial charge < -0.3 is 5.11 Å². The Balaban J connectivity index is 2.30. The molecule has 1 nitrogen and oxygen atoms in total. The summed E-state index contributed by atoms with van der Waals surface area (Å²) in [6.07, 6.45) is -0.572. The molecule has 2 heteroatoms. The van der Waals surface area contributed by atoms with Gasteiger partial charge in [0, 0.05) is 4.47 Å². The molecule has 2 aromatic carbocycles. The lowest BCUT2D eigenvalue weighted by Gasteiger charge is -2.14. The fourth-order valence-electron chi connectivity index (χ4n) is 2.18. The van der Waals surface area contributed by atoms with Crippen LogP contribution in [0.1, 0.15) is 48.1 Å². The van der Waals surface area contributed by atoms with E-state index in [1.807, 2.05) is 37.3 Å². The topological polar surface area (TPSA) is 20.2 Å². The van der Waals surface area contributed by atoms with Gasteiger partial charge in [0.2, 0.25) is 0 Å². The summed E-state index contributed by atoms with van der Waals surface area (Å²) in [4.78, 5) is 0. The summed E-state index contributed by atoms with van der Waals surface area (Å²) in [5.41, 5.74) is 4.29. The number of aliphatic hydroxyl groups excluding tert-OH is 1. The minimum atomic E-state index is -0.572. The second kappa shape index (κ2) is 5.89. The SMILES string of the molecule is Cc1cc(Br)cc(C(O)c2ccc(C(C)C)cc2)c1. The monoisotopic (exact) mass is 318 g/mol. The van der Waals surface area contributed by atoms with E-state index in [9.17, 15) is 5.11 Å². The van der Waals surface area contributed by atoms with E-state index >= 15 is 0 Å². The van der Waals surface area contributed by atoms with Crippen LogP contribution in [0.5, 0.6) is 0 Å². The molecule has 0 spiro atoms. The van der Waals surface area contributed by atoms with E-state index in [-0.39, 0.29) is 0 Å². The van der Waals surface area contributed by atoms with Crippen molar-refractivity contribution >= 4 is 15.9 Å². The van der Waals surface area contributed by atoms with Crippen LogP contribution in [0.2, 0.25) is 0 Å². The van der Waals surface area contributed by atoms with Gasteiger partial charge >= 0.3 is 0 Å². The van der Waals surface area contributed by atoms with Gasteiger partial charge in [0.15, 0.2) is 0 Å². The first-order valence-electron chi connectivity index (χ1n) is 6.52. The van der Waals surface area contributed by atoms with Crippen molar-refractivity contribution in [1.29, 1.82) is 0 Å². The second-order valence-corrected chi connectivity index (χ2v) is 6.20. The van der Waals surface area contributed by atoms with E-state index in [1.54, 1.807) is 0 Å². The van der Waals surface area contributed by atoms with Gasteiger partial charge in [-0.05, 0) is 47.2 Å². The van der Waals surface area contributed by atoms with Crippen LogP contribution in [0, 0.1) is 6.92 Å². The molecule has 0 aliphatic carbocycles. The van der Waals surface area contributed by atoms with Crippen LogP contribution in [-0.2, 0) is 0 Å². The quantitative estimate of drug-likeness (QED) is 0.847. The maximum Gasteiger partial charge on any atom is 0.104 e. The third-order valence-electron chi connectivity index (χ3n) is 3.30. The highest BCUT2D eigenvalue weighted by Gasteiger charge is 2.11. The van der Waals surface area contributed by atoms with Crippen LogP contribution in [0.25, 0.3) is 0 Å². The maximum atomic E-state index is 10.4. The molecule has 1 atom stereocenters. The number of hydrogen-bond donors (Lipinski definition) is 1. The van der Waals surface area contributed by atoms with Crippen LogP contribution < -0.4 is 0 Å². The molecule has 0 radical (unpaired) electrons. The van der Waals surface area contributed by atoms with E-state index in [0.717, 1.165) is 21.2 Å². The molecule has 0 saturated carbocycles. The summed E-state index contributed by atoms with van der Waals surface area (Å²) in [5, 5.41) is 10.4. The average Bonchev–Trinajstić information content (AvgIpc) is 2.37. The lowest BCUT2D eigenvalue weighted by Crippen LogP contribution is -2.00. The zero-order valence-electron chi connectivity index (χ0n) is 11.5. The molecule has 2 rings (SSSR count). The average molecular weight is 319 g/mol. The van der Waals surface area contributed by atoms with Gasteiger partial charge in [0.25, 0.3) is 0 Å². The van der Waals surface area contributed by atoms with Crippen LogP contribution in [-0.4, -0.2) is 5.11 Å². The molecule has 0 aromatic heterocycles. The molecule has 0 bridgehead atoms. The van der Waals surface area contributed by atoms with Gasteiger partial charge in [0.1, 0.15) is 6.10 Å². The molecule has 100 valence electrons. The van der Waals surface area contributed by atoms with Crippen molar-refractivity contribution in [2.24, 2.45) is 0 Å². The fourth-order valence-corrected chi connectivity index (χ4v) is 2.80. The molecule has 0 amide bonds. The number of halogens is 1. The highest BCUT2D eigenvalue weighted by atomic mass is 79.9. The largest absolute Gasteiger partial charge is 0.384 e. The van der Waals surface area contributed by atoms with Gasteiger partial charge in [-0.3, -0.25) is 0 Å².